The van der Waals surface area contributed by atoms with Gasteiger partial charge in [-0.3, -0.25) is 0 Å². The Morgan fingerprint density at radius 3 is 1.72 bits per heavy atom. The topological polar surface area (TPSA) is 18.5 Å². The van der Waals surface area contributed by atoms with Crippen molar-refractivity contribution in [3.63, 3.8) is 0 Å². The van der Waals surface area contributed by atoms with Gasteiger partial charge in [-0.05, 0) is 23.3 Å². The maximum absolute atomic E-state index is 5.96. The summed E-state index contributed by atoms with van der Waals surface area (Å²) in [7, 11) is 0. The van der Waals surface area contributed by atoms with E-state index in [1.807, 2.05) is 50.2 Å². The highest BCUT2D eigenvalue weighted by Crippen LogP contribution is 2.33. The molecule has 0 aliphatic carbocycles. The Bertz CT molecular complexity index is 523. The summed E-state index contributed by atoms with van der Waals surface area (Å²) in [4.78, 5) is 0. The molecule has 0 saturated carbocycles. The largest absolute Gasteiger partial charge is 0.453 e. The van der Waals surface area contributed by atoms with Crippen LogP contribution in [0.4, 0.5) is 0 Å². The molecule has 0 N–H and O–H groups in total. The van der Waals surface area contributed by atoms with Crippen LogP contribution in [-0.4, -0.2) is 5.79 Å². The minimum absolute atomic E-state index is 0.660. The van der Waals surface area contributed by atoms with Gasteiger partial charge in [0.2, 0.25) is 5.79 Å². The third-order valence-corrected chi connectivity index (χ3v) is 3.04. The van der Waals surface area contributed by atoms with E-state index in [2.05, 4.69) is 12.1 Å². The van der Waals surface area contributed by atoms with Crippen molar-refractivity contribution in [1.82, 2.24) is 0 Å². The van der Waals surface area contributed by atoms with Crippen molar-refractivity contribution in [1.29, 1.82) is 0 Å². The summed E-state index contributed by atoms with van der Waals surface area (Å²) in [5, 5.41) is 0. The molecule has 1 aliphatic heterocycles. The average Bonchev–Trinajstić information content (AvgIpc) is 2.31. The Morgan fingerprint density at radius 2 is 1.22 bits per heavy atom. The number of fused-ring (bicyclic) bond motifs is 2. The molecule has 18 heavy (non-hydrogen) atoms. The summed E-state index contributed by atoms with van der Waals surface area (Å²) in [5.41, 5.74) is 2.39. The van der Waals surface area contributed by atoms with Crippen LogP contribution in [0.1, 0.15) is 25.0 Å². The lowest BCUT2D eigenvalue weighted by Crippen LogP contribution is -2.36. The molecule has 2 heteroatoms. The highest BCUT2D eigenvalue weighted by atomic mass is 16.7. The van der Waals surface area contributed by atoms with Gasteiger partial charge < -0.3 is 9.47 Å². The van der Waals surface area contributed by atoms with Gasteiger partial charge >= 0.3 is 0 Å². The molecule has 92 valence electrons. The van der Waals surface area contributed by atoms with E-state index >= 15 is 0 Å². The van der Waals surface area contributed by atoms with Crippen LogP contribution in [0.15, 0.2) is 48.5 Å². The van der Waals surface area contributed by atoms with Crippen molar-refractivity contribution in [3.05, 3.63) is 59.7 Å². The van der Waals surface area contributed by atoms with Gasteiger partial charge in [0.1, 0.15) is 11.5 Å². The van der Waals surface area contributed by atoms with Gasteiger partial charge in [0.25, 0.3) is 0 Å². The van der Waals surface area contributed by atoms with Crippen LogP contribution in [0.3, 0.4) is 0 Å². The standard InChI is InChI=1S/C16H16O2/c1-16(2)17-14-9-5-3-7-12(14)11-13-8-4-6-10-15(13)18-16/h3-10H,11H2,1-2H3. The molecular formula is C16H16O2. The van der Waals surface area contributed by atoms with Crippen LogP contribution >= 0.6 is 0 Å². The zero-order chi connectivity index (χ0) is 12.6. The summed E-state index contributed by atoms with van der Waals surface area (Å²) in [6.07, 6.45) is 0.836. The SMILES string of the molecule is CC1(C)Oc2ccccc2Cc2ccccc2O1. The maximum Gasteiger partial charge on any atom is 0.245 e. The normalized spacial score (nSPS) is 16.3. The minimum atomic E-state index is -0.660. The van der Waals surface area contributed by atoms with E-state index in [1.54, 1.807) is 0 Å². The number of para-hydroxylation sites is 2. The van der Waals surface area contributed by atoms with Gasteiger partial charge in [-0.15, -0.1) is 0 Å². The lowest BCUT2D eigenvalue weighted by atomic mass is 10.0. The maximum atomic E-state index is 5.96. The molecular weight excluding hydrogens is 224 g/mol. The van der Waals surface area contributed by atoms with Gasteiger partial charge in [0.15, 0.2) is 0 Å². The molecule has 3 rings (SSSR count). The van der Waals surface area contributed by atoms with Gasteiger partial charge in [-0.2, -0.15) is 0 Å². The van der Waals surface area contributed by atoms with E-state index in [4.69, 9.17) is 9.47 Å². The fourth-order valence-electron chi connectivity index (χ4n) is 2.25. The first-order chi connectivity index (χ1) is 8.64. The lowest BCUT2D eigenvalue weighted by molar-refractivity contribution is -0.0833. The molecule has 0 aromatic heterocycles. The van der Waals surface area contributed by atoms with Crippen LogP contribution < -0.4 is 9.47 Å². The predicted molar refractivity (Wildman–Crippen MR) is 71.0 cm³/mol. The summed E-state index contributed by atoms with van der Waals surface area (Å²) >= 11 is 0. The van der Waals surface area contributed by atoms with Crippen molar-refractivity contribution in [2.45, 2.75) is 26.1 Å². The van der Waals surface area contributed by atoms with Crippen molar-refractivity contribution >= 4 is 0 Å². The van der Waals surface area contributed by atoms with Gasteiger partial charge in [-0.1, -0.05) is 36.4 Å². The number of rotatable bonds is 0. The molecule has 0 atom stereocenters. The predicted octanol–water partition coefficient (Wildman–Crippen LogP) is 3.78. The van der Waals surface area contributed by atoms with Crippen molar-refractivity contribution < 1.29 is 9.47 Å². The summed E-state index contributed by atoms with van der Waals surface area (Å²) in [5.74, 6) is 1.14. The molecule has 0 bridgehead atoms. The van der Waals surface area contributed by atoms with Crippen LogP contribution in [0.5, 0.6) is 11.5 Å². The zero-order valence-corrected chi connectivity index (χ0v) is 10.6. The molecule has 2 aromatic rings. The van der Waals surface area contributed by atoms with Crippen molar-refractivity contribution in [3.8, 4) is 11.5 Å². The second-order valence-corrected chi connectivity index (χ2v) is 5.00. The Labute approximate surface area is 107 Å². The lowest BCUT2D eigenvalue weighted by Gasteiger charge is -2.31. The second kappa shape index (κ2) is 4.05. The second-order valence-electron chi connectivity index (χ2n) is 5.00. The van der Waals surface area contributed by atoms with Crippen LogP contribution in [0.25, 0.3) is 0 Å². The molecule has 0 saturated heterocycles. The van der Waals surface area contributed by atoms with E-state index in [0.717, 1.165) is 17.9 Å². The van der Waals surface area contributed by atoms with E-state index < -0.39 is 5.79 Å². The summed E-state index contributed by atoms with van der Waals surface area (Å²) in [6, 6.07) is 16.3. The van der Waals surface area contributed by atoms with Crippen LogP contribution in [-0.2, 0) is 6.42 Å². The number of benzene rings is 2. The van der Waals surface area contributed by atoms with E-state index in [9.17, 15) is 0 Å². The average molecular weight is 240 g/mol. The third-order valence-electron chi connectivity index (χ3n) is 3.04. The number of hydrogen-bond donors (Lipinski definition) is 0. The Hall–Kier alpha value is -1.96. The van der Waals surface area contributed by atoms with Crippen LogP contribution in [0.2, 0.25) is 0 Å². The molecule has 0 fully saturated rings. The number of ether oxygens (including phenoxy) is 2. The molecule has 1 heterocycles. The molecule has 0 unspecified atom stereocenters. The van der Waals surface area contributed by atoms with E-state index in [1.165, 1.54) is 11.1 Å². The molecule has 0 amide bonds. The zero-order valence-electron chi connectivity index (χ0n) is 10.6. The first-order valence-electron chi connectivity index (χ1n) is 6.18. The monoisotopic (exact) mass is 240 g/mol. The quantitative estimate of drug-likeness (QED) is 0.697. The fraction of sp³-hybridized carbons (Fsp3) is 0.250. The molecule has 2 nitrogen and oxygen atoms in total. The Morgan fingerprint density at radius 1 is 0.778 bits per heavy atom. The molecule has 0 spiro atoms. The molecule has 2 aromatic carbocycles. The first-order valence-corrected chi connectivity index (χ1v) is 6.18. The number of hydrogen-bond acceptors (Lipinski definition) is 2. The van der Waals surface area contributed by atoms with Gasteiger partial charge in [0, 0.05) is 20.3 Å². The molecule has 0 radical (unpaired) electrons. The van der Waals surface area contributed by atoms with E-state index in [0.29, 0.717) is 0 Å². The highest BCUT2D eigenvalue weighted by molar-refractivity contribution is 5.43. The molecule has 1 aliphatic rings. The third kappa shape index (κ3) is 2.06. The minimum Gasteiger partial charge on any atom is -0.453 e. The van der Waals surface area contributed by atoms with Crippen LogP contribution in [0, 0.1) is 0 Å². The van der Waals surface area contributed by atoms with Crippen molar-refractivity contribution in [2.75, 3.05) is 0 Å². The first kappa shape index (κ1) is 11.1. The Balaban J connectivity index is 2.14. The highest BCUT2D eigenvalue weighted by Gasteiger charge is 2.26. The summed E-state index contributed by atoms with van der Waals surface area (Å²) in [6.45, 7) is 3.87. The fourth-order valence-corrected chi connectivity index (χ4v) is 2.25. The van der Waals surface area contributed by atoms with Gasteiger partial charge in [-0.25, -0.2) is 0 Å². The van der Waals surface area contributed by atoms with Crippen molar-refractivity contribution in [2.24, 2.45) is 0 Å². The smallest absolute Gasteiger partial charge is 0.245 e. The van der Waals surface area contributed by atoms with Gasteiger partial charge in [0.05, 0.1) is 0 Å². The summed E-state index contributed by atoms with van der Waals surface area (Å²) < 4.78 is 11.9. The van der Waals surface area contributed by atoms with E-state index in [-0.39, 0.29) is 0 Å². The Kier molecular flexibility index (Phi) is 2.51.